The van der Waals surface area contributed by atoms with Gasteiger partial charge in [0.25, 0.3) is 0 Å². The minimum Gasteiger partial charge on any atom is -0.493 e. The summed E-state index contributed by atoms with van der Waals surface area (Å²) in [6, 6.07) is 24.3. The van der Waals surface area contributed by atoms with E-state index in [0.717, 1.165) is 57.4 Å². The van der Waals surface area contributed by atoms with Crippen molar-refractivity contribution in [1.82, 2.24) is 9.88 Å². The smallest absolute Gasteiger partial charge is 0.249 e. The van der Waals surface area contributed by atoms with Crippen molar-refractivity contribution in [2.45, 2.75) is 19.5 Å². The van der Waals surface area contributed by atoms with Gasteiger partial charge in [0.2, 0.25) is 5.91 Å². The lowest BCUT2D eigenvalue weighted by atomic mass is 10.0. The van der Waals surface area contributed by atoms with Gasteiger partial charge in [0.05, 0.1) is 24.4 Å². The number of carbonyl (C=O) groups excluding carboxylic acids is 1. The van der Waals surface area contributed by atoms with E-state index in [0.29, 0.717) is 11.5 Å². The molecule has 0 saturated heterocycles. The second-order valence-electron chi connectivity index (χ2n) is 9.58. The summed E-state index contributed by atoms with van der Waals surface area (Å²) in [4.78, 5) is 21.9. The molecule has 6 nitrogen and oxygen atoms in total. The number of thiazole rings is 1. The number of benzene rings is 3. The van der Waals surface area contributed by atoms with Gasteiger partial charge in [-0.3, -0.25) is 9.69 Å². The van der Waals surface area contributed by atoms with Crippen molar-refractivity contribution in [2.75, 3.05) is 26.1 Å². The maximum absolute atomic E-state index is 13.2. The first kappa shape index (κ1) is 28.8. The van der Waals surface area contributed by atoms with Gasteiger partial charge in [-0.2, -0.15) is 0 Å². The summed E-state index contributed by atoms with van der Waals surface area (Å²) in [7, 11) is 3.20. The molecule has 0 radical (unpaired) electrons. The van der Waals surface area contributed by atoms with Crippen LogP contribution in [0.2, 0.25) is 0 Å². The Bertz CT molecular complexity index is 1660. The molecule has 0 spiro atoms. The van der Waals surface area contributed by atoms with Crippen molar-refractivity contribution >= 4 is 62.3 Å². The number of anilines is 1. The first-order chi connectivity index (χ1) is 19.6. The fraction of sp³-hybridized carbons (Fsp3) is 0.188. The summed E-state index contributed by atoms with van der Waals surface area (Å²) in [5.41, 5.74) is 5.50. The van der Waals surface area contributed by atoms with Gasteiger partial charge < -0.3 is 14.8 Å². The number of fused-ring (bicyclic) bond motifs is 2. The van der Waals surface area contributed by atoms with Crippen molar-refractivity contribution in [3.8, 4) is 22.1 Å². The van der Waals surface area contributed by atoms with Gasteiger partial charge in [0, 0.05) is 36.2 Å². The zero-order valence-electron chi connectivity index (χ0n) is 22.8. The van der Waals surface area contributed by atoms with Crippen LogP contribution in [-0.2, 0) is 24.3 Å². The molecule has 1 amide bonds. The molecule has 1 N–H and O–H groups in total. The highest BCUT2D eigenvalue weighted by Gasteiger charge is 2.27. The van der Waals surface area contributed by atoms with Gasteiger partial charge in [-0.1, -0.05) is 48.5 Å². The number of amides is 1. The van der Waals surface area contributed by atoms with E-state index >= 15 is 0 Å². The molecule has 210 valence electrons. The van der Waals surface area contributed by atoms with Crippen molar-refractivity contribution in [1.29, 1.82) is 0 Å². The minimum absolute atomic E-state index is 0. The Morgan fingerprint density at radius 3 is 2.56 bits per heavy atom. The summed E-state index contributed by atoms with van der Waals surface area (Å²) in [6.45, 7) is 2.72. The van der Waals surface area contributed by atoms with Gasteiger partial charge in [-0.25, -0.2) is 4.98 Å². The van der Waals surface area contributed by atoms with E-state index in [1.807, 2.05) is 36.4 Å². The Kier molecular flexibility index (Phi) is 9.05. The molecule has 0 atom stereocenters. The second-order valence-corrected chi connectivity index (χ2v) is 11.7. The molecule has 1 aliphatic rings. The number of rotatable bonds is 8. The number of para-hydroxylation sites is 1. The van der Waals surface area contributed by atoms with Crippen LogP contribution in [0.15, 0.2) is 78.9 Å². The summed E-state index contributed by atoms with van der Waals surface area (Å²) in [5, 5.41) is 4.99. The van der Waals surface area contributed by atoms with Crippen molar-refractivity contribution in [2.24, 2.45) is 0 Å². The molecule has 6 rings (SSSR count). The number of ether oxygens (including phenoxy) is 2. The number of aromatic nitrogens is 1. The lowest BCUT2D eigenvalue weighted by molar-refractivity contribution is -0.111. The standard InChI is InChI=1S/C32H29N3O3S2.ClH/c1-37-25-14-12-21(18-26(25)38-2)13-15-29(36)34-32-30(31-33-24-10-6-7-11-27(24)39-31)23-16-17-35(20-28(23)40-32)19-22-8-4-3-5-9-22;/h3-15,18H,16-17,19-20H2,1-2H3,(H,34,36);1H/b15-13+;. The SMILES string of the molecule is COc1ccc(/C=C/C(=O)Nc2sc3c(c2-c2nc4ccccc4s2)CCN(Cc2ccccc2)C3)cc1OC.Cl. The van der Waals surface area contributed by atoms with Gasteiger partial charge >= 0.3 is 0 Å². The normalized spacial score (nSPS) is 13.1. The van der Waals surface area contributed by atoms with Crippen LogP contribution in [0.1, 0.15) is 21.6 Å². The third-order valence-corrected chi connectivity index (χ3v) is 9.15. The van der Waals surface area contributed by atoms with Gasteiger partial charge in [0.15, 0.2) is 11.5 Å². The maximum Gasteiger partial charge on any atom is 0.249 e. The Balaban J connectivity index is 0.00000337. The molecular formula is C32H30ClN3O3S2. The average molecular weight is 604 g/mol. The Labute approximate surface area is 253 Å². The van der Waals surface area contributed by atoms with Gasteiger partial charge in [-0.05, 0) is 53.5 Å². The van der Waals surface area contributed by atoms with Crippen LogP contribution in [0.25, 0.3) is 26.9 Å². The van der Waals surface area contributed by atoms with Crippen LogP contribution in [-0.4, -0.2) is 36.6 Å². The van der Waals surface area contributed by atoms with Crippen molar-refractivity contribution in [3.63, 3.8) is 0 Å². The third kappa shape index (κ3) is 6.31. The number of halogens is 1. The van der Waals surface area contributed by atoms with Crippen LogP contribution >= 0.6 is 35.1 Å². The van der Waals surface area contributed by atoms with E-state index in [1.54, 1.807) is 49.0 Å². The Morgan fingerprint density at radius 2 is 1.78 bits per heavy atom. The molecule has 0 fully saturated rings. The molecule has 0 saturated carbocycles. The zero-order valence-corrected chi connectivity index (χ0v) is 25.2. The largest absolute Gasteiger partial charge is 0.493 e. The van der Waals surface area contributed by atoms with Crippen molar-refractivity contribution < 1.29 is 14.3 Å². The summed E-state index contributed by atoms with van der Waals surface area (Å²) < 4.78 is 11.9. The Morgan fingerprint density at radius 1 is 1.00 bits per heavy atom. The zero-order chi connectivity index (χ0) is 27.5. The quantitative estimate of drug-likeness (QED) is 0.184. The van der Waals surface area contributed by atoms with E-state index < -0.39 is 0 Å². The molecule has 0 bridgehead atoms. The fourth-order valence-electron chi connectivity index (χ4n) is 5.01. The van der Waals surface area contributed by atoms with Crippen LogP contribution in [0.4, 0.5) is 5.00 Å². The summed E-state index contributed by atoms with van der Waals surface area (Å²) in [6.07, 6.45) is 4.26. The van der Waals surface area contributed by atoms with Crippen molar-refractivity contribution in [3.05, 3.63) is 100 Å². The van der Waals surface area contributed by atoms with E-state index in [1.165, 1.54) is 16.0 Å². The first-order valence-corrected chi connectivity index (χ1v) is 14.7. The van der Waals surface area contributed by atoms with E-state index in [4.69, 9.17) is 14.5 Å². The molecule has 0 unspecified atom stereocenters. The Hall–Kier alpha value is -3.69. The molecular weight excluding hydrogens is 574 g/mol. The molecule has 2 aromatic heterocycles. The van der Waals surface area contributed by atoms with Crippen LogP contribution < -0.4 is 14.8 Å². The molecule has 3 heterocycles. The predicted octanol–water partition coefficient (Wildman–Crippen LogP) is 7.67. The number of hydrogen-bond acceptors (Lipinski definition) is 7. The van der Waals surface area contributed by atoms with Crippen LogP contribution in [0, 0.1) is 0 Å². The van der Waals surface area contributed by atoms with Gasteiger partial charge in [-0.15, -0.1) is 35.1 Å². The number of hydrogen-bond donors (Lipinski definition) is 1. The molecule has 3 aromatic carbocycles. The second kappa shape index (κ2) is 12.9. The van der Waals surface area contributed by atoms with Gasteiger partial charge in [0.1, 0.15) is 10.0 Å². The number of carbonyl (C=O) groups is 1. The number of thiophene rings is 1. The predicted molar refractivity (Wildman–Crippen MR) is 172 cm³/mol. The maximum atomic E-state index is 13.2. The van der Waals surface area contributed by atoms with Crippen LogP contribution in [0.5, 0.6) is 11.5 Å². The molecule has 5 aromatic rings. The minimum atomic E-state index is -0.183. The van der Waals surface area contributed by atoms with E-state index in [-0.39, 0.29) is 18.3 Å². The lowest BCUT2D eigenvalue weighted by Gasteiger charge is -2.27. The van der Waals surface area contributed by atoms with E-state index in [9.17, 15) is 4.79 Å². The number of nitrogens with one attached hydrogen (secondary N) is 1. The molecule has 1 aliphatic heterocycles. The number of methoxy groups -OCH3 is 2. The third-order valence-electron chi connectivity index (χ3n) is 6.96. The summed E-state index contributed by atoms with van der Waals surface area (Å²) >= 11 is 3.34. The summed E-state index contributed by atoms with van der Waals surface area (Å²) in [5.74, 6) is 1.08. The first-order valence-electron chi connectivity index (χ1n) is 13.1. The molecule has 0 aliphatic carbocycles. The fourth-order valence-corrected chi connectivity index (χ4v) is 7.41. The molecule has 41 heavy (non-hydrogen) atoms. The lowest BCUT2D eigenvalue weighted by Crippen LogP contribution is -2.29. The number of nitrogens with zero attached hydrogens (tertiary/aromatic N) is 2. The van der Waals surface area contributed by atoms with E-state index in [2.05, 4.69) is 46.6 Å². The topological polar surface area (TPSA) is 63.7 Å². The van der Waals surface area contributed by atoms with Crippen LogP contribution in [0.3, 0.4) is 0 Å². The highest BCUT2D eigenvalue weighted by atomic mass is 35.5. The molecule has 9 heteroatoms. The highest BCUT2D eigenvalue weighted by Crippen LogP contribution is 2.46. The monoisotopic (exact) mass is 603 g/mol. The highest BCUT2D eigenvalue weighted by molar-refractivity contribution is 7.23. The average Bonchev–Trinajstić information content (AvgIpc) is 3.56.